The van der Waals surface area contributed by atoms with Crippen LogP contribution in [-0.2, 0) is 0 Å². The maximum Gasteiger partial charge on any atom is 0.153 e. The molecule has 2 aromatic rings. The summed E-state index contributed by atoms with van der Waals surface area (Å²) in [6, 6.07) is 7.23. The lowest BCUT2D eigenvalue weighted by Crippen LogP contribution is -2.47. The Morgan fingerprint density at radius 2 is 1.62 bits per heavy atom. The summed E-state index contributed by atoms with van der Waals surface area (Å²) >= 11 is 6.16. The molecule has 0 atom stereocenters. The summed E-state index contributed by atoms with van der Waals surface area (Å²) in [5.74, 6) is 1.28. The Morgan fingerprint density at radius 3 is 2.29 bits per heavy atom. The van der Waals surface area contributed by atoms with Crippen molar-refractivity contribution < 1.29 is 5.11 Å². The van der Waals surface area contributed by atoms with E-state index in [1.54, 1.807) is 12.1 Å². The summed E-state index contributed by atoms with van der Waals surface area (Å²) < 4.78 is 0. The molecule has 0 radical (unpaired) electrons. The summed E-state index contributed by atoms with van der Waals surface area (Å²) in [4.78, 5) is 12.5. The molecule has 1 aliphatic heterocycles. The second kappa shape index (κ2) is 5.65. The third kappa shape index (κ3) is 2.80. The zero-order valence-corrected chi connectivity index (χ0v) is 12.2. The zero-order chi connectivity index (χ0) is 14.8. The number of phenols is 1. The summed E-state index contributed by atoms with van der Waals surface area (Å²) in [5, 5.41) is 9.75. The van der Waals surface area contributed by atoms with Gasteiger partial charge in [0.2, 0.25) is 0 Å². The van der Waals surface area contributed by atoms with Crippen LogP contribution < -0.4 is 15.5 Å². The second-order valence-corrected chi connectivity index (χ2v) is 5.26. The molecule has 0 spiro atoms. The molecule has 1 aromatic heterocycles. The molecule has 110 valence electrons. The molecule has 3 N–H and O–H groups in total. The fraction of sp³-hybridized carbons (Fsp3) is 0.286. The van der Waals surface area contributed by atoms with E-state index >= 15 is 0 Å². The average molecular weight is 306 g/mol. The first kappa shape index (κ1) is 13.8. The van der Waals surface area contributed by atoms with Gasteiger partial charge in [-0.15, -0.1) is 0 Å². The number of aromatic nitrogens is 2. The van der Waals surface area contributed by atoms with E-state index in [2.05, 4.69) is 19.8 Å². The van der Waals surface area contributed by atoms with Crippen molar-refractivity contribution in [1.82, 2.24) is 9.97 Å². The SMILES string of the molecule is Nc1ncnc(N2CCN(c3ccc(O)cc3)CC2)c1Cl. The first-order chi connectivity index (χ1) is 10.1. The quantitative estimate of drug-likeness (QED) is 0.880. The standard InChI is InChI=1S/C14H16ClN5O/c15-12-13(16)17-9-18-14(12)20-7-5-19(6-8-20)10-1-3-11(21)4-2-10/h1-4,9,21H,5-8H2,(H2,16,17,18). The van der Waals surface area contributed by atoms with Gasteiger partial charge in [-0.1, -0.05) is 11.6 Å². The maximum absolute atomic E-state index is 9.33. The number of anilines is 3. The number of nitrogens with zero attached hydrogens (tertiary/aromatic N) is 4. The Morgan fingerprint density at radius 1 is 1.00 bits per heavy atom. The monoisotopic (exact) mass is 305 g/mol. The molecule has 0 amide bonds. The lowest BCUT2D eigenvalue weighted by Gasteiger charge is -2.37. The molecule has 0 aliphatic carbocycles. The van der Waals surface area contributed by atoms with Crippen LogP contribution in [-0.4, -0.2) is 41.3 Å². The highest BCUT2D eigenvalue weighted by atomic mass is 35.5. The number of piperazine rings is 1. The summed E-state index contributed by atoms with van der Waals surface area (Å²) in [6.07, 6.45) is 1.43. The number of benzene rings is 1. The third-order valence-corrected chi connectivity index (χ3v) is 3.95. The number of halogens is 1. The van der Waals surface area contributed by atoms with Gasteiger partial charge in [0.25, 0.3) is 0 Å². The second-order valence-electron chi connectivity index (χ2n) is 4.89. The van der Waals surface area contributed by atoms with Gasteiger partial charge in [-0.05, 0) is 24.3 Å². The van der Waals surface area contributed by atoms with Crippen LogP contribution in [0.25, 0.3) is 0 Å². The molecule has 7 heteroatoms. The van der Waals surface area contributed by atoms with E-state index in [0.717, 1.165) is 31.9 Å². The van der Waals surface area contributed by atoms with Gasteiger partial charge in [-0.2, -0.15) is 0 Å². The molecule has 0 bridgehead atoms. The van der Waals surface area contributed by atoms with Crippen LogP contribution in [0.15, 0.2) is 30.6 Å². The van der Waals surface area contributed by atoms with Crippen LogP contribution in [0.1, 0.15) is 0 Å². The van der Waals surface area contributed by atoms with Crippen molar-refractivity contribution >= 4 is 28.9 Å². The van der Waals surface area contributed by atoms with Crippen LogP contribution in [0.2, 0.25) is 5.02 Å². The Labute approximate surface area is 127 Å². The number of rotatable bonds is 2. The van der Waals surface area contributed by atoms with Crippen molar-refractivity contribution in [2.75, 3.05) is 41.7 Å². The minimum atomic E-state index is 0.278. The number of aromatic hydroxyl groups is 1. The fourth-order valence-electron chi connectivity index (χ4n) is 2.43. The van der Waals surface area contributed by atoms with Crippen LogP contribution in [0.4, 0.5) is 17.3 Å². The number of nitrogen functional groups attached to an aromatic ring is 1. The van der Waals surface area contributed by atoms with E-state index in [1.807, 2.05) is 12.1 Å². The summed E-state index contributed by atoms with van der Waals surface area (Å²) in [6.45, 7) is 3.31. The van der Waals surface area contributed by atoms with Crippen LogP contribution >= 0.6 is 11.6 Å². The van der Waals surface area contributed by atoms with Crippen LogP contribution in [0.3, 0.4) is 0 Å². The normalized spacial score (nSPS) is 15.3. The predicted molar refractivity (Wildman–Crippen MR) is 84.0 cm³/mol. The molecule has 2 heterocycles. The van der Waals surface area contributed by atoms with E-state index in [9.17, 15) is 5.11 Å². The molecule has 1 saturated heterocycles. The van der Waals surface area contributed by atoms with Gasteiger partial charge in [0.1, 0.15) is 22.9 Å². The van der Waals surface area contributed by atoms with E-state index in [4.69, 9.17) is 17.3 Å². The Bertz CT molecular complexity index is 626. The predicted octanol–water partition coefficient (Wildman–Crippen LogP) is 1.74. The van der Waals surface area contributed by atoms with Gasteiger partial charge < -0.3 is 20.6 Å². The Hall–Kier alpha value is -2.21. The summed E-state index contributed by atoms with van der Waals surface area (Å²) in [5.41, 5.74) is 6.81. The van der Waals surface area contributed by atoms with E-state index in [1.165, 1.54) is 6.33 Å². The number of hydrogen-bond donors (Lipinski definition) is 2. The van der Waals surface area contributed by atoms with Gasteiger partial charge in [-0.25, -0.2) is 9.97 Å². The van der Waals surface area contributed by atoms with Crippen molar-refractivity contribution in [2.24, 2.45) is 0 Å². The third-order valence-electron chi connectivity index (χ3n) is 3.59. The van der Waals surface area contributed by atoms with Crippen molar-refractivity contribution in [3.05, 3.63) is 35.6 Å². The Balaban J connectivity index is 1.70. The van der Waals surface area contributed by atoms with E-state index in [0.29, 0.717) is 16.7 Å². The molecule has 0 saturated carbocycles. The summed E-state index contributed by atoms with van der Waals surface area (Å²) in [7, 11) is 0. The van der Waals surface area contributed by atoms with Crippen molar-refractivity contribution in [3.8, 4) is 5.75 Å². The van der Waals surface area contributed by atoms with E-state index in [-0.39, 0.29) is 5.75 Å². The van der Waals surface area contributed by atoms with Gasteiger partial charge in [0.05, 0.1) is 0 Å². The highest BCUT2D eigenvalue weighted by molar-refractivity contribution is 6.35. The van der Waals surface area contributed by atoms with Crippen LogP contribution in [0, 0.1) is 0 Å². The molecule has 3 rings (SSSR count). The molecule has 1 aliphatic rings. The van der Waals surface area contributed by atoms with Crippen molar-refractivity contribution in [2.45, 2.75) is 0 Å². The molecule has 21 heavy (non-hydrogen) atoms. The maximum atomic E-state index is 9.33. The Kier molecular flexibility index (Phi) is 3.70. The highest BCUT2D eigenvalue weighted by Gasteiger charge is 2.21. The van der Waals surface area contributed by atoms with Crippen molar-refractivity contribution in [3.63, 3.8) is 0 Å². The molecule has 6 nitrogen and oxygen atoms in total. The fourth-order valence-corrected chi connectivity index (χ4v) is 2.65. The zero-order valence-electron chi connectivity index (χ0n) is 11.4. The number of nitrogens with two attached hydrogens (primary N) is 1. The smallest absolute Gasteiger partial charge is 0.153 e. The first-order valence-corrected chi connectivity index (χ1v) is 7.08. The molecule has 1 aromatic carbocycles. The molecule has 0 unspecified atom stereocenters. The first-order valence-electron chi connectivity index (χ1n) is 6.70. The molecular weight excluding hydrogens is 290 g/mol. The lowest BCUT2D eigenvalue weighted by molar-refractivity contribution is 0.475. The number of phenolic OH excluding ortho intramolecular Hbond substituents is 1. The minimum Gasteiger partial charge on any atom is -0.508 e. The molecular formula is C14H16ClN5O. The van der Waals surface area contributed by atoms with E-state index < -0.39 is 0 Å². The van der Waals surface area contributed by atoms with Crippen LogP contribution in [0.5, 0.6) is 5.75 Å². The van der Waals surface area contributed by atoms with Gasteiger partial charge in [-0.3, -0.25) is 0 Å². The lowest BCUT2D eigenvalue weighted by atomic mass is 10.2. The molecule has 1 fully saturated rings. The minimum absolute atomic E-state index is 0.278. The van der Waals surface area contributed by atoms with Gasteiger partial charge in [0.15, 0.2) is 5.82 Å². The largest absolute Gasteiger partial charge is 0.508 e. The van der Waals surface area contributed by atoms with Crippen molar-refractivity contribution in [1.29, 1.82) is 0 Å². The highest BCUT2D eigenvalue weighted by Crippen LogP contribution is 2.28. The average Bonchev–Trinajstić information content (AvgIpc) is 2.51. The van der Waals surface area contributed by atoms with Gasteiger partial charge >= 0.3 is 0 Å². The topological polar surface area (TPSA) is 78.5 Å². The van der Waals surface area contributed by atoms with Gasteiger partial charge in [0, 0.05) is 31.9 Å². The number of hydrogen-bond acceptors (Lipinski definition) is 6.